The van der Waals surface area contributed by atoms with Gasteiger partial charge in [-0.15, -0.1) is 0 Å². The van der Waals surface area contributed by atoms with E-state index in [1.165, 1.54) is 116 Å². The van der Waals surface area contributed by atoms with Crippen LogP contribution < -0.4 is 31.8 Å². The van der Waals surface area contributed by atoms with E-state index in [2.05, 4.69) is 215 Å². The normalized spacial score (nSPS) is 15.6. The molecule has 0 radical (unpaired) electrons. The molecule has 0 atom stereocenters. The minimum atomic E-state index is -0.475. The topological polar surface area (TPSA) is 9.72 Å². The van der Waals surface area contributed by atoms with Crippen molar-refractivity contribution in [1.82, 2.24) is 4.83 Å². The lowest BCUT2D eigenvalue weighted by molar-refractivity contribution is 0.720. The Balaban J connectivity index is 1.10. The zero-order valence-corrected chi connectivity index (χ0v) is 32.5. The van der Waals surface area contributed by atoms with Crippen molar-refractivity contribution in [3.63, 3.8) is 0 Å². The molecule has 0 fully saturated rings. The van der Waals surface area contributed by atoms with Gasteiger partial charge in [-0.3, -0.25) is 9.84 Å². The minimum Gasteiger partial charge on any atom is -0.311 e. The summed E-state index contributed by atoms with van der Waals surface area (Å²) in [4.78, 5) is 5.36. The maximum absolute atomic E-state index is 2.74. The molecule has 4 aliphatic heterocycles. The molecule has 5 heteroatoms. The van der Waals surface area contributed by atoms with Crippen LogP contribution in [0, 0.1) is 0 Å². The lowest BCUT2D eigenvalue weighted by atomic mass is 9.38. The Morgan fingerprint density at radius 3 is 1.62 bits per heavy atom. The minimum absolute atomic E-state index is 0.0315. The van der Waals surface area contributed by atoms with E-state index in [9.17, 15) is 0 Å². The maximum Gasteiger partial charge on any atom is 0.307 e. The van der Waals surface area contributed by atoms with Crippen LogP contribution in [-0.2, 0) is 5.41 Å². The Morgan fingerprint density at radius 2 is 0.883 bits per heavy atom. The van der Waals surface area contributed by atoms with Crippen molar-refractivity contribution in [2.24, 2.45) is 0 Å². The molecule has 0 bridgehead atoms. The van der Waals surface area contributed by atoms with E-state index in [0.717, 1.165) is 0 Å². The number of hydrogen-bond donors (Lipinski definition) is 0. The highest BCUT2D eigenvalue weighted by molar-refractivity contribution is 7.02. The Hall–Kier alpha value is -7.33. The molecule has 1 aliphatic carbocycles. The summed E-state index contributed by atoms with van der Waals surface area (Å²) in [5, 5.41) is 10.5. The van der Waals surface area contributed by atoms with Crippen LogP contribution in [-0.4, -0.2) is 18.5 Å². The summed E-state index contributed by atoms with van der Waals surface area (Å²) in [6.45, 7) is -0.0733. The number of rotatable bonds is 1. The first-order valence-electron chi connectivity index (χ1n) is 21.2. The van der Waals surface area contributed by atoms with E-state index in [1.54, 1.807) is 0 Å². The standard InChI is InChI=1S/C55H33B2N3/c1-2-16-34(17-3-1)56-52-49(32-30-41-37-20-5-4-18-35(37)36-19-6-7-23-40(36)51(41)52)59-50-33-31-45-54-53(50)57(60(56)59)46-27-13-15-29-48(46)58(54)47-28-14-12-26-44(47)55(45)42-24-10-8-21-38(42)39-22-9-11-25-43(39)55/h1-33H. The van der Waals surface area contributed by atoms with E-state index in [4.69, 9.17) is 0 Å². The lowest BCUT2D eigenvalue weighted by Crippen LogP contribution is -2.66. The van der Waals surface area contributed by atoms with E-state index >= 15 is 0 Å². The predicted molar refractivity (Wildman–Crippen MR) is 251 cm³/mol. The highest BCUT2D eigenvalue weighted by atomic mass is 15.6. The Morgan fingerprint density at radius 1 is 0.350 bits per heavy atom. The first-order valence-corrected chi connectivity index (χ1v) is 21.2. The molecule has 0 aromatic heterocycles. The molecule has 60 heavy (non-hydrogen) atoms. The molecule has 0 unspecified atom stereocenters. The molecule has 5 aliphatic rings. The van der Waals surface area contributed by atoms with Gasteiger partial charge in [0, 0.05) is 11.4 Å². The van der Waals surface area contributed by atoms with Crippen LogP contribution in [0.25, 0.3) is 43.4 Å². The Bertz CT molecular complexity index is 3480. The number of hydrogen-bond acceptors (Lipinski definition) is 3. The quantitative estimate of drug-likeness (QED) is 0.122. The van der Waals surface area contributed by atoms with Crippen molar-refractivity contribution in [3.8, 4) is 11.1 Å². The van der Waals surface area contributed by atoms with Gasteiger partial charge >= 0.3 is 13.7 Å². The maximum atomic E-state index is 2.74. The molecule has 10 aromatic rings. The third-order valence-corrected chi connectivity index (χ3v) is 14.6. The average Bonchev–Trinajstić information content (AvgIpc) is 3.94. The van der Waals surface area contributed by atoms with Gasteiger partial charge in [0.2, 0.25) is 0 Å². The molecular formula is C55H33B2N3. The highest BCUT2D eigenvalue weighted by Gasteiger charge is 2.60. The molecule has 15 rings (SSSR count). The summed E-state index contributed by atoms with van der Waals surface area (Å²) in [5.41, 5.74) is 19.3. The van der Waals surface area contributed by atoms with Crippen LogP contribution in [0.5, 0.6) is 0 Å². The summed E-state index contributed by atoms with van der Waals surface area (Å²) in [7, 11) is 0. The fraction of sp³-hybridized carbons (Fsp3) is 0.0182. The summed E-state index contributed by atoms with van der Waals surface area (Å²) >= 11 is 0. The van der Waals surface area contributed by atoms with Gasteiger partial charge in [-0.05, 0) is 106 Å². The van der Waals surface area contributed by atoms with Crippen molar-refractivity contribution >= 4 is 96.3 Å². The second-order valence-corrected chi connectivity index (χ2v) is 17.1. The summed E-state index contributed by atoms with van der Waals surface area (Å²) in [6, 6.07) is 75.8. The fourth-order valence-electron chi connectivity index (χ4n) is 12.6. The van der Waals surface area contributed by atoms with Gasteiger partial charge in [0.25, 0.3) is 0 Å². The molecular weight excluding hydrogens is 724 g/mol. The summed E-state index contributed by atoms with van der Waals surface area (Å²) in [6.07, 6.45) is 0. The number of hydrazine groups is 1. The third-order valence-electron chi connectivity index (χ3n) is 14.6. The van der Waals surface area contributed by atoms with E-state index in [0.29, 0.717) is 0 Å². The van der Waals surface area contributed by atoms with E-state index in [1.807, 2.05) is 0 Å². The summed E-state index contributed by atoms with van der Waals surface area (Å²) in [5.74, 6) is 0. The number of fused-ring (bicyclic) bond motifs is 24. The Labute approximate surface area is 348 Å². The molecule has 3 nitrogen and oxygen atoms in total. The number of anilines is 5. The number of nitrogens with zero attached hydrogens (tertiary/aromatic N) is 3. The van der Waals surface area contributed by atoms with Crippen molar-refractivity contribution < 1.29 is 0 Å². The SMILES string of the molecule is c1ccc(B2c3c(ccc4c5ccccc5c5ccccc5c34)N3c4ccc5c6c4B(c4ccccc4N6c4ccccc4C54c5ccccc5-c5ccccc54)N23)cc1. The number of benzene rings is 10. The smallest absolute Gasteiger partial charge is 0.307 e. The van der Waals surface area contributed by atoms with Crippen LogP contribution in [0.4, 0.5) is 28.4 Å². The second kappa shape index (κ2) is 11.0. The average molecular weight is 758 g/mol. The highest BCUT2D eigenvalue weighted by Crippen LogP contribution is 2.64. The van der Waals surface area contributed by atoms with Crippen molar-refractivity contribution in [2.45, 2.75) is 5.41 Å². The second-order valence-electron chi connectivity index (χ2n) is 17.1. The molecule has 0 saturated carbocycles. The van der Waals surface area contributed by atoms with Gasteiger partial charge in [-0.1, -0.05) is 181 Å². The first kappa shape index (κ1) is 31.6. The van der Waals surface area contributed by atoms with Gasteiger partial charge in [0.05, 0.1) is 22.5 Å². The molecule has 0 saturated heterocycles. The van der Waals surface area contributed by atoms with Crippen molar-refractivity contribution in [2.75, 3.05) is 9.91 Å². The van der Waals surface area contributed by atoms with E-state index in [-0.39, 0.29) is 13.7 Å². The van der Waals surface area contributed by atoms with Crippen molar-refractivity contribution in [3.05, 3.63) is 222 Å². The van der Waals surface area contributed by atoms with Gasteiger partial charge in [-0.2, -0.15) is 0 Å². The number of para-hydroxylation sites is 2. The van der Waals surface area contributed by atoms with Gasteiger partial charge < -0.3 is 4.90 Å². The molecule has 0 amide bonds. The Kier molecular flexibility index (Phi) is 5.82. The molecule has 1 spiro atoms. The molecule has 274 valence electrons. The zero-order valence-electron chi connectivity index (χ0n) is 32.5. The van der Waals surface area contributed by atoms with Gasteiger partial charge in [-0.25, -0.2) is 0 Å². The molecule has 10 aromatic carbocycles. The van der Waals surface area contributed by atoms with Crippen LogP contribution in [0.2, 0.25) is 0 Å². The largest absolute Gasteiger partial charge is 0.311 e. The fourth-order valence-corrected chi connectivity index (χ4v) is 12.6. The van der Waals surface area contributed by atoms with Gasteiger partial charge in [0.1, 0.15) is 0 Å². The van der Waals surface area contributed by atoms with Crippen molar-refractivity contribution in [1.29, 1.82) is 0 Å². The zero-order chi connectivity index (χ0) is 38.8. The van der Waals surface area contributed by atoms with Crippen LogP contribution >= 0.6 is 0 Å². The molecule has 0 N–H and O–H groups in total. The first-order chi connectivity index (χ1) is 29.8. The third kappa shape index (κ3) is 3.51. The van der Waals surface area contributed by atoms with E-state index < -0.39 is 5.41 Å². The monoisotopic (exact) mass is 757 g/mol. The molecule has 4 heterocycles. The van der Waals surface area contributed by atoms with Crippen LogP contribution in [0.15, 0.2) is 200 Å². The van der Waals surface area contributed by atoms with Crippen LogP contribution in [0.3, 0.4) is 0 Å². The van der Waals surface area contributed by atoms with Gasteiger partial charge in [0.15, 0.2) is 0 Å². The predicted octanol–water partition coefficient (Wildman–Crippen LogP) is 10.2. The lowest BCUT2D eigenvalue weighted by Gasteiger charge is -2.48. The summed E-state index contributed by atoms with van der Waals surface area (Å²) < 4.78 is 0. The van der Waals surface area contributed by atoms with Crippen LogP contribution in [0.1, 0.15) is 22.3 Å².